The molecule has 2 saturated carbocycles. The van der Waals surface area contributed by atoms with E-state index in [4.69, 9.17) is 4.42 Å². The van der Waals surface area contributed by atoms with Crippen molar-refractivity contribution in [2.45, 2.75) is 70.6 Å². The second-order valence-electron chi connectivity index (χ2n) is 19.7. The fourth-order valence-corrected chi connectivity index (χ4v) is 11.3. The van der Waals surface area contributed by atoms with Crippen LogP contribution in [0.15, 0.2) is 205 Å². The molecule has 8 aromatic carbocycles. The number of anilines is 2. The Kier molecular flexibility index (Phi) is 11.0. The molecule has 2 fully saturated rings. The van der Waals surface area contributed by atoms with E-state index in [0.29, 0.717) is 11.8 Å². The topological polar surface area (TPSA) is 21.3 Å². The molecule has 0 aliphatic heterocycles. The van der Waals surface area contributed by atoms with Gasteiger partial charge in [0.1, 0.15) is 11.2 Å². The largest absolute Gasteiger partial charge is 0.456 e. The first-order chi connectivity index (χ1) is 33.9. The minimum absolute atomic E-state index is 0.613. The van der Waals surface area contributed by atoms with Crippen molar-refractivity contribution in [3.8, 4) is 27.9 Å². The van der Waals surface area contributed by atoms with E-state index >= 15 is 0 Å². The molecule has 0 atom stereocenters. The molecule has 3 heteroatoms. The predicted molar refractivity (Wildman–Crippen MR) is 294 cm³/mol. The van der Waals surface area contributed by atoms with Crippen LogP contribution in [-0.4, -0.2) is 11.6 Å². The second-order valence-corrected chi connectivity index (χ2v) is 19.7. The molecule has 0 bridgehead atoms. The quantitative estimate of drug-likeness (QED) is 0.121. The molecule has 0 unspecified atom stereocenters. The summed E-state index contributed by atoms with van der Waals surface area (Å²) in [5, 5.41) is 4.87. The van der Waals surface area contributed by atoms with Gasteiger partial charge in [-0.05, 0) is 180 Å². The third-order valence-corrected chi connectivity index (χ3v) is 15.3. The van der Waals surface area contributed by atoms with E-state index in [1.807, 2.05) is 12.1 Å². The lowest BCUT2D eigenvalue weighted by molar-refractivity contribution is 0.444. The number of hydrogen-bond donors (Lipinski definition) is 0. The van der Waals surface area contributed by atoms with Crippen LogP contribution in [0.4, 0.5) is 11.4 Å². The molecule has 2 heterocycles. The first-order valence-corrected chi connectivity index (χ1v) is 25.0. The van der Waals surface area contributed by atoms with Gasteiger partial charge in [0, 0.05) is 51.2 Å². The number of furan rings is 1. The highest BCUT2D eigenvalue weighted by Gasteiger charge is 2.27. The molecule has 2 aromatic heterocycles. The van der Waals surface area contributed by atoms with E-state index in [2.05, 4.69) is 213 Å². The van der Waals surface area contributed by atoms with E-state index in [1.165, 1.54) is 128 Å². The van der Waals surface area contributed by atoms with Crippen molar-refractivity contribution in [1.29, 1.82) is 0 Å². The van der Waals surface area contributed by atoms with Gasteiger partial charge >= 0.3 is 0 Å². The highest BCUT2D eigenvalue weighted by atomic mass is 16.3. The first kappa shape index (κ1) is 42.7. The van der Waals surface area contributed by atoms with E-state index < -0.39 is 0 Å². The van der Waals surface area contributed by atoms with E-state index in [0.717, 1.165) is 39.0 Å². The van der Waals surface area contributed by atoms with Crippen molar-refractivity contribution in [1.82, 2.24) is 4.57 Å². The van der Waals surface area contributed by atoms with Crippen LogP contribution in [0.25, 0.3) is 82.8 Å². The number of para-hydroxylation sites is 1. The molecule has 0 N–H and O–H groups in total. The minimum Gasteiger partial charge on any atom is -0.456 e. The Labute approximate surface area is 406 Å². The normalized spacial score (nSPS) is 15.0. The Hall–Kier alpha value is -7.62. The molecular formula is C66H58N2O. The number of hydrogen-bond acceptors (Lipinski definition) is 2. The highest BCUT2D eigenvalue weighted by Crippen LogP contribution is 2.46. The van der Waals surface area contributed by atoms with Gasteiger partial charge < -0.3 is 13.9 Å². The number of benzene rings is 8. The van der Waals surface area contributed by atoms with Gasteiger partial charge in [-0.15, -0.1) is 0 Å². The van der Waals surface area contributed by atoms with Crippen molar-refractivity contribution < 1.29 is 4.42 Å². The average molecular weight is 895 g/mol. The molecule has 338 valence electrons. The van der Waals surface area contributed by atoms with Crippen LogP contribution < -0.4 is 4.90 Å². The number of nitrogens with zero attached hydrogens (tertiary/aromatic N) is 2. The van der Waals surface area contributed by atoms with Crippen LogP contribution >= 0.6 is 0 Å². The fourth-order valence-electron chi connectivity index (χ4n) is 11.3. The fraction of sp³-hybridized carbons (Fsp3) is 0.182. The Morgan fingerprint density at radius 2 is 1.30 bits per heavy atom. The van der Waals surface area contributed by atoms with Crippen LogP contribution in [0.5, 0.6) is 0 Å². The third kappa shape index (κ3) is 7.90. The Bertz CT molecular complexity index is 3660. The Balaban J connectivity index is 0.947. The zero-order valence-corrected chi connectivity index (χ0v) is 40.0. The van der Waals surface area contributed by atoms with Gasteiger partial charge in [-0.25, -0.2) is 0 Å². The number of allylic oxidation sites excluding steroid dienone is 5. The van der Waals surface area contributed by atoms with Crippen molar-refractivity contribution in [2.75, 3.05) is 11.9 Å². The van der Waals surface area contributed by atoms with Gasteiger partial charge in [0.05, 0.1) is 11.0 Å². The zero-order valence-electron chi connectivity index (χ0n) is 40.0. The molecule has 2 aliphatic carbocycles. The maximum Gasteiger partial charge on any atom is 0.135 e. The van der Waals surface area contributed by atoms with E-state index in [1.54, 1.807) is 0 Å². The monoisotopic (exact) mass is 894 g/mol. The smallest absolute Gasteiger partial charge is 0.135 e. The molecule has 0 spiro atoms. The lowest BCUT2D eigenvalue weighted by atomic mass is 9.83. The lowest BCUT2D eigenvalue weighted by Crippen LogP contribution is -2.11. The van der Waals surface area contributed by atoms with Gasteiger partial charge in [0.15, 0.2) is 0 Å². The summed E-state index contributed by atoms with van der Waals surface area (Å²) in [7, 11) is 2.20. The number of aromatic nitrogens is 1. The number of rotatable bonds is 11. The average Bonchev–Trinajstić information content (AvgIpc) is 4.13. The van der Waals surface area contributed by atoms with Crippen molar-refractivity contribution >= 4 is 66.3 Å². The van der Waals surface area contributed by atoms with Gasteiger partial charge in [0.25, 0.3) is 0 Å². The van der Waals surface area contributed by atoms with Crippen LogP contribution in [0.1, 0.15) is 92.9 Å². The lowest BCUT2D eigenvalue weighted by Gasteiger charge is -2.24. The highest BCUT2D eigenvalue weighted by molar-refractivity contribution is 6.12. The van der Waals surface area contributed by atoms with Crippen LogP contribution in [0, 0.1) is 0 Å². The summed E-state index contributed by atoms with van der Waals surface area (Å²) in [6, 6.07) is 65.3. The van der Waals surface area contributed by atoms with Crippen molar-refractivity contribution in [3.63, 3.8) is 0 Å². The summed E-state index contributed by atoms with van der Waals surface area (Å²) in [4.78, 5) is 2.35. The molecule has 3 nitrogen and oxygen atoms in total. The first-order valence-electron chi connectivity index (χ1n) is 25.0. The van der Waals surface area contributed by atoms with Crippen molar-refractivity contribution in [3.05, 3.63) is 222 Å². The summed E-state index contributed by atoms with van der Waals surface area (Å²) >= 11 is 0. The van der Waals surface area contributed by atoms with Crippen LogP contribution in [-0.2, 0) is 0 Å². The molecule has 0 saturated heterocycles. The van der Waals surface area contributed by atoms with E-state index in [9.17, 15) is 0 Å². The standard InChI is InChI=1S/C66H58N2O/c1-5-43(2)57(55-24-13-12-23-54(55)47-27-28-47)37-44(3)48-21-16-22-52(38-48)67(4)62-33-29-50(39-58(62)46-19-10-7-11-20-46)51-31-35-64-60(41-51)59-40-49(45-17-8-6-9-18-45)30-34-63(59)68(64)53-32-36-66-61(42-53)56-25-14-15-26-65(56)69-66/h5,7,10-16,19-26,29-42,45,47H,1,6,8-9,17-18,27-28H2,2-4H3/b44-37+,57-43+. The molecule has 12 rings (SSSR count). The van der Waals surface area contributed by atoms with Gasteiger partial charge in [-0.2, -0.15) is 0 Å². The van der Waals surface area contributed by atoms with Crippen LogP contribution in [0.3, 0.4) is 0 Å². The molecule has 0 amide bonds. The summed E-state index contributed by atoms with van der Waals surface area (Å²) in [5.41, 5.74) is 21.6. The molecule has 0 radical (unpaired) electrons. The van der Waals surface area contributed by atoms with Crippen LogP contribution in [0.2, 0.25) is 0 Å². The maximum absolute atomic E-state index is 6.28. The SMILES string of the molecule is C=C/C(C)=C(\C=C(/C)c1cccc(N(C)c2ccc(-c3ccc4c(c3)c3cc(C5CCCCC5)ccc3n4-c3ccc4oc5ccccc5c4c3)cc2-c2ccccc2)c1)c1ccccc1C1CC1. The van der Waals surface area contributed by atoms with E-state index in [-0.39, 0.29) is 0 Å². The summed E-state index contributed by atoms with van der Waals surface area (Å²) in [6.07, 6.45) is 13.4. The molecule has 69 heavy (non-hydrogen) atoms. The third-order valence-electron chi connectivity index (χ3n) is 15.3. The molecule has 2 aliphatic rings. The summed E-state index contributed by atoms with van der Waals surface area (Å²) in [5.74, 6) is 1.27. The molecule has 10 aromatic rings. The van der Waals surface area contributed by atoms with Crippen molar-refractivity contribution in [2.24, 2.45) is 0 Å². The zero-order chi connectivity index (χ0) is 46.6. The second kappa shape index (κ2) is 17.8. The maximum atomic E-state index is 6.28. The predicted octanol–water partition coefficient (Wildman–Crippen LogP) is 18.8. The Morgan fingerprint density at radius 1 is 0.580 bits per heavy atom. The van der Waals surface area contributed by atoms with Gasteiger partial charge in [-0.3, -0.25) is 0 Å². The van der Waals surface area contributed by atoms with Gasteiger partial charge in [0.2, 0.25) is 0 Å². The number of fused-ring (bicyclic) bond motifs is 6. The minimum atomic E-state index is 0.613. The summed E-state index contributed by atoms with van der Waals surface area (Å²) in [6.45, 7) is 8.60. The Morgan fingerprint density at radius 3 is 2.13 bits per heavy atom. The summed E-state index contributed by atoms with van der Waals surface area (Å²) < 4.78 is 8.74. The van der Waals surface area contributed by atoms with Gasteiger partial charge in [-0.1, -0.05) is 141 Å². The molecular weight excluding hydrogens is 837 g/mol.